The molecule has 8 nitrogen and oxygen atoms in total. The van der Waals surface area contributed by atoms with E-state index in [2.05, 4.69) is 15.6 Å². The number of nitrogens with zero attached hydrogens (tertiary/aromatic N) is 2. The van der Waals surface area contributed by atoms with E-state index in [1.54, 1.807) is 36.8 Å². The zero-order valence-electron chi connectivity index (χ0n) is 18.1. The Bertz CT molecular complexity index is 1060. The monoisotopic (exact) mass is 424 g/mol. The fourth-order valence-corrected chi connectivity index (χ4v) is 3.40. The lowest BCUT2D eigenvalue weighted by Crippen LogP contribution is -2.26. The number of fused-ring (bicyclic) bond motifs is 1. The molecule has 0 spiro atoms. The summed E-state index contributed by atoms with van der Waals surface area (Å²) in [5.41, 5.74) is 2.68. The minimum absolute atomic E-state index is 0.0578. The summed E-state index contributed by atoms with van der Waals surface area (Å²) < 4.78 is 12.2. The molecule has 31 heavy (non-hydrogen) atoms. The van der Waals surface area contributed by atoms with Gasteiger partial charge in [-0.2, -0.15) is 0 Å². The molecule has 1 aromatic carbocycles. The van der Waals surface area contributed by atoms with Crippen molar-refractivity contribution in [2.24, 2.45) is 0 Å². The number of benzene rings is 1. The number of methoxy groups -OCH3 is 2. The van der Waals surface area contributed by atoms with Crippen LogP contribution in [0.1, 0.15) is 41.9 Å². The van der Waals surface area contributed by atoms with Gasteiger partial charge < -0.3 is 20.1 Å². The molecule has 2 aromatic heterocycles. The summed E-state index contributed by atoms with van der Waals surface area (Å²) >= 11 is 0. The number of unbranched alkanes of at least 4 members (excludes halogenated alkanes) is 2. The van der Waals surface area contributed by atoms with E-state index in [9.17, 15) is 9.59 Å². The Morgan fingerprint density at radius 2 is 1.84 bits per heavy atom. The van der Waals surface area contributed by atoms with Gasteiger partial charge in [-0.15, -0.1) is 0 Å². The highest BCUT2D eigenvalue weighted by Crippen LogP contribution is 2.29. The molecule has 0 atom stereocenters. The molecule has 0 aliphatic carbocycles. The highest BCUT2D eigenvalue weighted by Gasteiger charge is 2.15. The van der Waals surface area contributed by atoms with Gasteiger partial charge in [0.1, 0.15) is 11.3 Å². The maximum atomic E-state index is 12.5. The van der Waals surface area contributed by atoms with Crippen LogP contribution in [0.2, 0.25) is 0 Å². The number of imidazole rings is 1. The summed E-state index contributed by atoms with van der Waals surface area (Å²) in [6.07, 6.45) is 4.62. The molecule has 164 valence electrons. The number of ether oxygens (including phenoxy) is 2. The van der Waals surface area contributed by atoms with E-state index in [4.69, 9.17) is 9.47 Å². The van der Waals surface area contributed by atoms with Crippen molar-refractivity contribution in [3.05, 3.63) is 54.0 Å². The molecule has 8 heteroatoms. The minimum atomic E-state index is -0.137. The van der Waals surface area contributed by atoms with Crippen LogP contribution in [0.3, 0.4) is 0 Å². The van der Waals surface area contributed by atoms with Gasteiger partial charge in [0.15, 0.2) is 11.5 Å². The Kier molecular flexibility index (Phi) is 7.48. The van der Waals surface area contributed by atoms with Crippen molar-refractivity contribution in [2.75, 3.05) is 26.1 Å². The van der Waals surface area contributed by atoms with Crippen LogP contribution in [0.15, 0.2) is 42.6 Å². The SMILES string of the molecule is COc1ccc(NC(=O)CCCCCNC(=O)c2c(C)nc3ccccn23)cc1OC. The van der Waals surface area contributed by atoms with E-state index >= 15 is 0 Å². The molecule has 2 N–H and O–H groups in total. The first-order valence-electron chi connectivity index (χ1n) is 10.3. The molecule has 2 amide bonds. The lowest BCUT2D eigenvalue weighted by atomic mass is 10.2. The van der Waals surface area contributed by atoms with E-state index in [0.717, 1.165) is 24.9 Å². The Labute approximate surface area is 181 Å². The molecular formula is C23H28N4O4. The minimum Gasteiger partial charge on any atom is -0.493 e. The van der Waals surface area contributed by atoms with Crippen molar-refractivity contribution in [1.82, 2.24) is 14.7 Å². The van der Waals surface area contributed by atoms with Crippen molar-refractivity contribution < 1.29 is 19.1 Å². The molecule has 3 rings (SSSR count). The number of aryl methyl sites for hydroxylation is 1. The molecule has 0 saturated carbocycles. The van der Waals surface area contributed by atoms with Crippen molar-refractivity contribution in [3.63, 3.8) is 0 Å². The number of anilines is 1. The number of carbonyl (C=O) groups is 2. The highest BCUT2D eigenvalue weighted by molar-refractivity contribution is 5.94. The van der Waals surface area contributed by atoms with Gasteiger partial charge in [0.25, 0.3) is 5.91 Å². The smallest absolute Gasteiger partial charge is 0.270 e. The maximum absolute atomic E-state index is 12.5. The van der Waals surface area contributed by atoms with Gasteiger partial charge in [-0.1, -0.05) is 12.5 Å². The molecule has 0 saturated heterocycles. The van der Waals surface area contributed by atoms with E-state index in [-0.39, 0.29) is 11.8 Å². The second kappa shape index (κ2) is 10.5. The topological polar surface area (TPSA) is 94.0 Å². The van der Waals surface area contributed by atoms with E-state index in [1.807, 2.05) is 31.3 Å². The first-order valence-corrected chi connectivity index (χ1v) is 10.3. The van der Waals surface area contributed by atoms with Crippen LogP contribution in [-0.2, 0) is 4.79 Å². The third-order valence-electron chi connectivity index (χ3n) is 4.95. The van der Waals surface area contributed by atoms with Gasteiger partial charge in [-0.05, 0) is 44.0 Å². The van der Waals surface area contributed by atoms with Crippen LogP contribution < -0.4 is 20.1 Å². The van der Waals surface area contributed by atoms with Gasteiger partial charge >= 0.3 is 0 Å². The zero-order chi connectivity index (χ0) is 22.2. The normalized spacial score (nSPS) is 10.7. The first-order chi connectivity index (χ1) is 15.0. The van der Waals surface area contributed by atoms with Gasteiger partial charge in [-0.25, -0.2) is 4.98 Å². The van der Waals surface area contributed by atoms with Crippen LogP contribution in [0.25, 0.3) is 5.65 Å². The number of carbonyl (C=O) groups excluding carboxylic acids is 2. The fraction of sp³-hybridized carbons (Fsp3) is 0.348. The average molecular weight is 425 g/mol. The summed E-state index contributed by atoms with van der Waals surface area (Å²) in [6, 6.07) is 10.9. The number of hydrogen-bond donors (Lipinski definition) is 2. The number of hydrogen-bond acceptors (Lipinski definition) is 5. The molecule has 0 unspecified atom stereocenters. The molecule has 0 bridgehead atoms. The molecule has 3 aromatic rings. The predicted octanol–water partition coefficient (Wildman–Crippen LogP) is 3.59. The van der Waals surface area contributed by atoms with Crippen LogP contribution in [0.5, 0.6) is 11.5 Å². The first kappa shape index (κ1) is 22.1. The van der Waals surface area contributed by atoms with Crippen LogP contribution in [-0.4, -0.2) is 42.0 Å². The van der Waals surface area contributed by atoms with Gasteiger partial charge in [0.2, 0.25) is 5.91 Å². The van der Waals surface area contributed by atoms with Gasteiger partial charge in [-0.3, -0.25) is 14.0 Å². The van der Waals surface area contributed by atoms with Crippen molar-refractivity contribution in [1.29, 1.82) is 0 Å². The molecule has 2 heterocycles. The average Bonchev–Trinajstić information content (AvgIpc) is 3.11. The number of rotatable bonds is 10. The highest BCUT2D eigenvalue weighted by atomic mass is 16.5. The molecule has 0 aliphatic heterocycles. The molecule has 0 radical (unpaired) electrons. The predicted molar refractivity (Wildman–Crippen MR) is 119 cm³/mol. The number of aromatic nitrogens is 2. The van der Waals surface area contributed by atoms with Gasteiger partial charge in [0.05, 0.1) is 19.9 Å². The Balaban J connectivity index is 1.38. The summed E-state index contributed by atoms with van der Waals surface area (Å²) in [5, 5.41) is 5.81. The number of nitrogens with one attached hydrogen (secondary N) is 2. The lowest BCUT2D eigenvalue weighted by Gasteiger charge is -2.10. The second-order valence-electron chi connectivity index (χ2n) is 7.16. The third-order valence-corrected chi connectivity index (χ3v) is 4.95. The second-order valence-corrected chi connectivity index (χ2v) is 7.16. The van der Waals surface area contributed by atoms with Crippen LogP contribution >= 0.6 is 0 Å². The Morgan fingerprint density at radius 3 is 2.61 bits per heavy atom. The third kappa shape index (κ3) is 5.53. The van der Waals surface area contributed by atoms with E-state index in [1.165, 1.54) is 0 Å². The summed E-state index contributed by atoms with van der Waals surface area (Å²) in [4.78, 5) is 29.1. The lowest BCUT2D eigenvalue weighted by molar-refractivity contribution is -0.116. The summed E-state index contributed by atoms with van der Waals surface area (Å²) in [7, 11) is 3.12. The number of pyridine rings is 1. The van der Waals surface area contributed by atoms with Crippen molar-refractivity contribution in [2.45, 2.75) is 32.6 Å². The van der Waals surface area contributed by atoms with Crippen LogP contribution in [0.4, 0.5) is 5.69 Å². The number of amides is 2. The zero-order valence-corrected chi connectivity index (χ0v) is 18.1. The Hall–Kier alpha value is -3.55. The van der Waals surface area contributed by atoms with E-state index < -0.39 is 0 Å². The van der Waals surface area contributed by atoms with E-state index in [0.29, 0.717) is 41.5 Å². The fourth-order valence-electron chi connectivity index (χ4n) is 3.40. The summed E-state index contributed by atoms with van der Waals surface area (Å²) in [6.45, 7) is 2.38. The molecular weight excluding hydrogens is 396 g/mol. The van der Waals surface area contributed by atoms with Gasteiger partial charge in [0, 0.05) is 30.9 Å². The molecule has 0 fully saturated rings. The standard InChI is InChI=1S/C23H28N4O4/c1-16-22(27-14-8-6-9-20(27)25-16)23(29)24-13-7-4-5-10-21(28)26-17-11-12-18(30-2)19(15-17)31-3/h6,8-9,11-12,14-15H,4-5,7,10,13H2,1-3H3,(H,24,29)(H,26,28). The van der Waals surface area contributed by atoms with Crippen molar-refractivity contribution in [3.8, 4) is 11.5 Å². The quantitative estimate of drug-likeness (QED) is 0.485. The molecule has 0 aliphatic rings. The maximum Gasteiger partial charge on any atom is 0.270 e. The Morgan fingerprint density at radius 1 is 1.03 bits per heavy atom. The van der Waals surface area contributed by atoms with Crippen molar-refractivity contribution >= 4 is 23.1 Å². The summed E-state index contributed by atoms with van der Waals surface area (Å²) in [5.74, 6) is 0.985. The largest absolute Gasteiger partial charge is 0.493 e. The van der Waals surface area contributed by atoms with Crippen LogP contribution in [0, 0.1) is 6.92 Å².